The van der Waals surface area contributed by atoms with Gasteiger partial charge in [-0.2, -0.15) is 10.1 Å². The predicted octanol–water partition coefficient (Wildman–Crippen LogP) is 4.98. The van der Waals surface area contributed by atoms with Gasteiger partial charge in [0, 0.05) is 10.9 Å². The number of para-hydroxylation sites is 1. The molecular weight excluding hydrogens is 358 g/mol. The minimum atomic E-state index is 0.107. The predicted molar refractivity (Wildman–Crippen MR) is 108 cm³/mol. The fraction of sp³-hybridized carbons (Fsp3) is 0.190. The molecule has 2 heterocycles. The van der Waals surface area contributed by atoms with Crippen LogP contribution in [0.1, 0.15) is 26.3 Å². The topological polar surface area (TPSA) is 57.0 Å². The molecule has 0 aliphatic rings. The zero-order valence-electron chi connectivity index (χ0n) is 15.3. The third kappa shape index (κ3) is 3.24. The van der Waals surface area contributed by atoms with Gasteiger partial charge in [0.25, 0.3) is 6.47 Å². The molecule has 0 atom stereocenters. The molecule has 0 amide bonds. The first kappa shape index (κ1) is 17.4. The molecule has 0 saturated heterocycles. The molecule has 136 valence electrons. The van der Waals surface area contributed by atoms with Crippen LogP contribution in [0.2, 0.25) is 0 Å². The Morgan fingerprint density at radius 2 is 1.81 bits per heavy atom. The molecule has 0 N–H and O–H groups in total. The van der Waals surface area contributed by atoms with E-state index in [0.717, 1.165) is 22.2 Å². The van der Waals surface area contributed by atoms with Crippen LogP contribution in [0.3, 0.4) is 0 Å². The Kier molecular flexibility index (Phi) is 4.28. The van der Waals surface area contributed by atoms with Gasteiger partial charge in [-0.3, -0.25) is 4.79 Å². The number of thiazole rings is 1. The standard InChI is InChI=1S/C21H19N3O2S/c1-21(2,3)15-10-8-14(9-11-15)19-16-6-4-5-7-17(16)24(23-19)20-22-18(12-27-20)26-13-25/h4-13H,1-3H3. The highest BCUT2D eigenvalue weighted by Gasteiger charge is 2.17. The van der Waals surface area contributed by atoms with Crippen LogP contribution in [-0.2, 0) is 10.2 Å². The average Bonchev–Trinajstić information content (AvgIpc) is 3.26. The minimum Gasteiger partial charge on any atom is -0.409 e. The van der Waals surface area contributed by atoms with Crippen molar-refractivity contribution in [3.05, 3.63) is 59.5 Å². The van der Waals surface area contributed by atoms with Gasteiger partial charge in [0.1, 0.15) is 5.69 Å². The summed E-state index contributed by atoms with van der Waals surface area (Å²) in [7, 11) is 0. The number of rotatable bonds is 4. The van der Waals surface area contributed by atoms with Crippen molar-refractivity contribution >= 4 is 28.7 Å². The number of benzene rings is 2. The molecule has 0 aliphatic carbocycles. The lowest BCUT2D eigenvalue weighted by Crippen LogP contribution is -2.10. The zero-order valence-corrected chi connectivity index (χ0v) is 16.2. The molecule has 0 unspecified atom stereocenters. The molecule has 0 radical (unpaired) electrons. The van der Waals surface area contributed by atoms with Crippen LogP contribution in [0, 0.1) is 0 Å². The summed E-state index contributed by atoms with van der Waals surface area (Å²) >= 11 is 1.38. The molecule has 6 heteroatoms. The third-order valence-electron chi connectivity index (χ3n) is 4.43. The first-order valence-electron chi connectivity index (χ1n) is 8.62. The van der Waals surface area contributed by atoms with E-state index in [9.17, 15) is 4.79 Å². The van der Waals surface area contributed by atoms with Crippen LogP contribution < -0.4 is 4.74 Å². The number of nitrogens with zero attached hydrogens (tertiary/aromatic N) is 3. The van der Waals surface area contributed by atoms with E-state index in [4.69, 9.17) is 9.84 Å². The molecule has 27 heavy (non-hydrogen) atoms. The van der Waals surface area contributed by atoms with Crippen molar-refractivity contribution in [1.29, 1.82) is 0 Å². The second-order valence-electron chi connectivity index (χ2n) is 7.29. The van der Waals surface area contributed by atoms with E-state index >= 15 is 0 Å². The van der Waals surface area contributed by atoms with E-state index in [1.807, 2.05) is 18.2 Å². The molecule has 0 aliphatic heterocycles. The van der Waals surface area contributed by atoms with Crippen LogP contribution in [0.15, 0.2) is 53.9 Å². The highest BCUT2D eigenvalue weighted by atomic mass is 32.1. The van der Waals surface area contributed by atoms with E-state index in [0.29, 0.717) is 11.6 Å². The summed E-state index contributed by atoms with van der Waals surface area (Å²) in [5, 5.41) is 8.21. The normalized spacial score (nSPS) is 11.7. The van der Waals surface area contributed by atoms with Gasteiger partial charge in [-0.25, -0.2) is 4.68 Å². The summed E-state index contributed by atoms with van der Waals surface area (Å²) in [6.45, 7) is 6.98. The van der Waals surface area contributed by atoms with Crippen LogP contribution in [-0.4, -0.2) is 21.2 Å². The Morgan fingerprint density at radius 3 is 2.52 bits per heavy atom. The molecule has 0 saturated carbocycles. The maximum atomic E-state index is 10.5. The van der Waals surface area contributed by atoms with Gasteiger partial charge in [0.15, 0.2) is 0 Å². The first-order valence-corrected chi connectivity index (χ1v) is 9.50. The highest BCUT2D eigenvalue weighted by molar-refractivity contribution is 7.12. The van der Waals surface area contributed by atoms with Crippen molar-refractivity contribution in [3.63, 3.8) is 0 Å². The van der Waals surface area contributed by atoms with Gasteiger partial charge in [0.2, 0.25) is 11.0 Å². The van der Waals surface area contributed by atoms with E-state index in [-0.39, 0.29) is 11.3 Å². The third-order valence-corrected chi connectivity index (χ3v) is 5.23. The van der Waals surface area contributed by atoms with E-state index in [1.54, 1.807) is 10.1 Å². The second-order valence-corrected chi connectivity index (χ2v) is 8.12. The van der Waals surface area contributed by atoms with Crippen molar-refractivity contribution in [2.24, 2.45) is 0 Å². The summed E-state index contributed by atoms with van der Waals surface area (Å²) in [5.74, 6) is 0.278. The zero-order chi connectivity index (χ0) is 19.0. The van der Waals surface area contributed by atoms with Gasteiger partial charge in [0.05, 0.1) is 10.9 Å². The van der Waals surface area contributed by atoms with Gasteiger partial charge in [-0.15, -0.1) is 0 Å². The molecule has 4 aromatic rings. The number of aromatic nitrogens is 3. The van der Waals surface area contributed by atoms with Crippen molar-refractivity contribution in [3.8, 4) is 22.3 Å². The molecule has 0 bridgehead atoms. The Balaban J connectivity index is 1.83. The van der Waals surface area contributed by atoms with Crippen LogP contribution in [0.25, 0.3) is 27.3 Å². The van der Waals surface area contributed by atoms with Gasteiger partial charge in [-0.05, 0) is 17.0 Å². The van der Waals surface area contributed by atoms with Crippen LogP contribution in [0.4, 0.5) is 0 Å². The fourth-order valence-electron chi connectivity index (χ4n) is 3.00. The highest BCUT2D eigenvalue weighted by Crippen LogP contribution is 2.32. The lowest BCUT2D eigenvalue weighted by Gasteiger charge is -2.18. The Bertz CT molecular complexity index is 1100. The Morgan fingerprint density at radius 1 is 1.07 bits per heavy atom. The van der Waals surface area contributed by atoms with Crippen molar-refractivity contribution in [2.75, 3.05) is 0 Å². The largest absolute Gasteiger partial charge is 0.409 e. The Hall–Kier alpha value is -2.99. The SMILES string of the molecule is CC(C)(C)c1ccc(-c2nn(-c3nc(OC=O)cs3)c3ccccc23)cc1. The van der Waals surface area contributed by atoms with Crippen LogP contribution >= 0.6 is 11.3 Å². The van der Waals surface area contributed by atoms with Crippen LogP contribution in [0.5, 0.6) is 5.88 Å². The molecule has 2 aromatic carbocycles. The quantitative estimate of drug-likeness (QED) is 0.471. The number of carbonyl (C=O) groups excluding carboxylic acids is 1. The van der Waals surface area contributed by atoms with E-state index in [2.05, 4.69) is 56.1 Å². The number of hydrogen-bond acceptors (Lipinski definition) is 5. The summed E-state index contributed by atoms with van der Waals surface area (Å²) in [6.07, 6.45) is 0. The monoisotopic (exact) mass is 377 g/mol. The number of carbonyl (C=O) groups is 1. The summed E-state index contributed by atoms with van der Waals surface area (Å²) in [4.78, 5) is 14.9. The molecule has 2 aromatic heterocycles. The minimum absolute atomic E-state index is 0.107. The van der Waals surface area contributed by atoms with E-state index < -0.39 is 0 Å². The molecule has 0 spiro atoms. The number of hydrogen-bond donors (Lipinski definition) is 0. The summed E-state index contributed by atoms with van der Waals surface area (Å²) < 4.78 is 6.63. The van der Waals surface area contributed by atoms with Crippen molar-refractivity contribution in [2.45, 2.75) is 26.2 Å². The maximum absolute atomic E-state index is 10.5. The lowest BCUT2D eigenvalue weighted by molar-refractivity contribution is -0.120. The van der Waals surface area contributed by atoms with Gasteiger partial charge >= 0.3 is 0 Å². The second kappa shape index (κ2) is 6.63. The summed E-state index contributed by atoms with van der Waals surface area (Å²) in [6, 6.07) is 16.6. The number of ether oxygens (including phenoxy) is 1. The average molecular weight is 377 g/mol. The Labute approximate surface area is 161 Å². The molecule has 5 nitrogen and oxygen atoms in total. The number of fused-ring (bicyclic) bond motifs is 1. The van der Waals surface area contributed by atoms with Gasteiger partial charge < -0.3 is 4.74 Å². The first-order chi connectivity index (χ1) is 13.0. The molecule has 0 fully saturated rings. The van der Waals surface area contributed by atoms with Crippen molar-refractivity contribution in [1.82, 2.24) is 14.8 Å². The van der Waals surface area contributed by atoms with E-state index in [1.165, 1.54) is 16.9 Å². The summed E-state index contributed by atoms with van der Waals surface area (Å²) in [5.41, 5.74) is 4.30. The molecular formula is C21H19N3O2S. The smallest absolute Gasteiger partial charge is 0.299 e. The fourth-order valence-corrected chi connectivity index (χ4v) is 3.70. The van der Waals surface area contributed by atoms with Gasteiger partial charge in [-0.1, -0.05) is 74.6 Å². The lowest BCUT2D eigenvalue weighted by atomic mass is 9.86. The maximum Gasteiger partial charge on any atom is 0.299 e. The van der Waals surface area contributed by atoms with Crippen molar-refractivity contribution < 1.29 is 9.53 Å². The molecule has 4 rings (SSSR count).